The number of carboxylic acid groups (broad SMARTS) is 1. The van der Waals surface area contributed by atoms with E-state index < -0.39 is 5.97 Å². The number of carbonyl (C=O) groups excluding carboxylic acids is 1. The summed E-state index contributed by atoms with van der Waals surface area (Å²) in [6, 6.07) is 7.49. The summed E-state index contributed by atoms with van der Waals surface area (Å²) in [5.74, 6) is -0.130. The van der Waals surface area contributed by atoms with Gasteiger partial charge in [-0.15, -0.1) is 0 Å². The second-order valence-corrected chi connectivity index (χ2v) is 7.36. The van der Waals surface area contributed by atoms with Crippen molar-refractivity contribution in [2.75, 3.05) is 18.4 Å². The zero-order chi connectivity index (χ0) is 18.1. The quantitative estimate of drug-likeness (QED) is 0.708. The first-order valence-corrected chi connectivity index (χ1v) is 9.07. The molecule has 0 saturated heterocycles. The van der Waals surface area contributed by atoms with E-state index in [-0.39, 0.29) is 24.7 Å². The molecule has 1 aromatic carbocycles. The van der Waals surface area contributed by atoms with Crippen molar-refractivity contribution < 1.29 is 19.1 Å². The number of hydrogen-bond donors (Lipinski definition) is 3. The molecule has 2 aromatic rings. The maximum absolute atomic E-state index is 12.2. The van der Waals surface area contributed by atoms with E-state index in [0.29, 0.717) is 11.6 Å². The molecule has 2 fully saturated rings. The predicted octanol–water partition coefficient (Wildman–Crippen LogP) is 2.88. The maximum Gasteiger partial charge on any atom is 0.319 e. The molecule has 0 spiro atoms. The Morgan fingerprint density at radius 2 is 2.04 bits per heavy atom. The molecule has 0 bridgehead atoms. The summed E-state index contributed by atoms with van der Waals surface area (Å²) < 4.78 is 5.34. The van der Waals surface area contributed by atoms with E-state index in [2.05, 4.69) is 15.5 Å². The molecule has 1 aromatic heterocycles. The van der Waals surface area contributed by atoms with Gasteiger partial charge in [0, 0.05) is 35.8 Å². The molecule has 2 aliphatic rings. The first-order chi connectivity index (χ1) is 12.6. The van der Waals surface area contributed by atoms with Crippen LogP contribution < -0.4 is 10.6 Å². The second-order valence-electron chi connectivity index (χ2n) is 7.36. The van der Waals surface area contributed by atoms with Crippen LogP contribution in [0.5, 0.6) is 0 Å². The first-order valence-electron chi connectivity index (χ1n) is 9.07. The normalized spacial score (nSPS) is 22.2. The van der Waals surface area contributed by atoms with Gasteiger partial charge < -0.3 is 20.2 Å². The number of rotatable bonds is 7. The van der Waals surface area contributed by atoms with Gasteiger partial charge in [-0.25, -0.2) is 4.79 Å². The van der Waals surface area contributed by atoms with Crippen molar-refractivity contribution in [2.45, 2.75) is 37.8 Å². The highest BCUT2D eigenvalue weighted by Gasteiger charge is 2.37. The minimum atomic E-state index is -0.784. The third-order valence-corrected chi connectivity index (χ3v) is 5.21. The summed E-state index contributed by atoms with van der Waals surface area (Å²) in [6.45, 7) is 0.947. The lowest BCUT2D eigenvalue weighted by Gasteiger charge is -2.42. The molecule has 2 saturated carbocycles. The van der Waals surface area contributed by atoms with E-state index in [9.17, 15) is 9.59 Å². The van der Waals surface area contributed by atoms with Crippen LogP contribution in [0, 0.1) is 5.92 Å². The fraction of sp³-hybridized carbons (Fsp3) is 0.474. The number of aliphatic carboxylic acids is 1. The number of anilines is 1. The third-order valence-electron chi connectivity index (χ3n) is 5.21. The molecule has 138 valence electrons. The standard InChI is InChI=1S/C19H23N3O4/c23-18(24)11-22(10-12-1-2-12)16-7-15(8-16)21-19(25)20-14-4-3-13-5-6-26-17(13)9-14/h3-6,9,12,15-16H,1-2,7-8,10-11H2,(H,23,24)(H2,20,21,25). The minimum Gasteiger partial charge on any atom is -0.480 e. The van der Waals surface area contributed by atoms with Crippen molar-refractivity contribution in [1.29, 1.82) is 0 Å². The smallest absolute Gasteiger partial charge is 0.319 e. The highest BCUT2D eigenvalue weighted by molar-refractivity contribution is 5.92. The zero-order valence-electron chi connectivity index (χ0n) is 14.5. The Kier molecular flexibility index (Phi) is 4.55. The average Bonchev–Trinajstić information content (AvgIpc) is 3.23. The first kappa shape index (κ1) is 16.9. The number of hydrogen-bond acceptors (Lipinski definition) is 4. The molecule has 2 amide bonds. The van der Waals surface area contributed by atoms with Crippen LogP contribution >= 0.6 is 0 Å². The second kappa shape index (κ2) is 6.99. The van der Waals surface area contributed by atoms with Crippen molar-refractivity contribution in [3.05, 3.63) is 30.5 Å². The minimum absolute atomic E-state index is 0.0860. The summed E-state index contributed by atoms with van der Waals surface area (Å²) in [5, 5.41) is 15.9. The van der Waals surface area contributed by atoms with Crippen LogP contribution in [0.4, 0.5) is 10.5 Å². The number of nitrogens with zero attached hydrogens (tertiary/aromatic N) is 1. The largest absolute Gasteiger partial charge is 0.480 e. The van der Waals surface area contributed by atoms with Crippen LogP contribution in [0.25, 0.3) is 11.0 Å². The van der Waals surface area contributed by atoms with Crippen LogP contribution in [0.1, 0.15) is 25.7 Å². The van der Waals surface area contributed by atoms with E-state index in [0.717, 1.165) is 30.4 Å². The third kappa shape index (κ3) is 3.99. The summed E-state index contributed by atoms with van der Waals surface area (Å²) in [4.78, 5) is 25.3. The Hall–Kier alpha value is -2.54. The molecule has 0 radical (unpaired) electrons. The molecular formula is C19H23N3O4. The Labute approximate surface area is 151 Å². The maximum atomic E-state index is 12.2. The van der Waals surface area contributed by atoms with Crippen LogP contribution in [0.2, 0.25) is 0 Å². The molecular weight excluding hydrogens is 334 g/mol. The van der Waals surface area contributed by atoms with Crippen LogP contribution in [0.3, 0.4) is 0 Å². The van der Waals surface area contributed by atoms with Gasteiger partial charge in [-0.2, -0.15) is 0 Å². The van der Waals surface area contributed by atoms with Crippen molar-refractivity contribution in [2.24, 2.45) is 5.92 Å². The number of carboxylic acids is 1. The number of carbonyl (C=O) groups is 2. The van der Waals surface area contributed by atoms with E-state index in [4.69, 9.17) is 9.52 Å². The lowest BCUT2D eigenvalue weighted by atomic mass is 9.85. The van der Waals surface area contributed by atoms with Gasteiger partial charge in [0.1, 0.15) is 5.58 Å². The van der Waals surface area contributed by atoms with Crippen molar-refractivity contribution in [3.8, 4) is 0 Å². The Balaban J connectivity index is 1.25. The molecule has 7 nitrogen and oxygen atoms in total. The van der Waals surface area contributed by atoms with Gasteiger partial charge in [-0.1, -0.05) is 0 Å². The van der Waals surface area contributed by atoms with E-state index in [1.165, 1.54) is 12.8 Å². The lowest BCUT2D eigenvalue weighted by molar-refractivity contribution is -0.139. The monoisotopic (exact) mass is 357 g/mol. The van der Waals surface area contributed by atoms with E-state index in [1.807, 2.05) is 18.2 Å². The molecule has 7 heteroatoms. The molecule has 0 atom stereocenters. The van der Waals surface area contributed by atoms with Gasteiger partial charge in [-0.05, 0) is 49.8 Å². The molecule has 0 unspecified atom stereocenters. The van der Waals surface area contributed by atoms with Crippen LogP contribution in [-0.2, 0) is 4.79 Å². The summed E-state index contributed by atoms with van der Waals surface area (Å²) in [7, 11) is 0. The van der Waals surface area contributed by atoms with Gasteiger partial charge in [-0.3, -0.25) is 9.69 Å². The fourth-order valence-corrected chi connectivity index (χ4v) is 3.54. The Morgan fingerprint density at radius 3 is 2.77 bits per heavy atom. The molecule has 2 aliphatic carbocycles. The fourth-order valence-electron chi connectivity index (χ4n) is 3.54. The van der Waals surface area contributed by atoms with Gasteiger partial charge in [0.2, 0.25) is 0 Å². The van der Waals surface area contributed by atoms with Crippen LogP contribution in [-0.4, -0.2) is 47.2 Å². The van der Waals surface area contributed by atoms with Crippen molar-refractivity contribution in [1.82, 2.24) is 10.2 Å². The highest BCUT2D eigenvalue weighted by Crippen LogP contribution is 2.33. The number of amides is 2. The molecule has 26 heavy (non-hydrogen) atoms. The summed E-state index contributed by atoms with van der Waals surface area (Å²) in [6.07, 6.45) is 5.61. The molecule has 4 rings (SSSR count). The highest BCUT2D eigenvalue weighted by atomic mass is 16.4. The zero-order valence-corrected chi connectivity index (χ0v) is 14.5. The van der Waals surface area contributed by atoms with E-state index >= 15 is 0 Å². The predicted molar refractivity (Wildman–Crippen MR) is 97.1 cm³/mol. The Morgan fingerprint density at radius 1 is 1.23 bits per heavy atom. The average molecular weight is 357 g/mol. The molecule has 0 aliphatic heterocycles. The van der Waals surface area contributed by atoms with Gasteiger partial charge in [0.15, 0.2) is 0 Å². The van der Waals surface area contributed by atoms with Crippen LogP contribution in [0.15, 0.2) is 34.9 Å². The summed E-state index contributed by atoms with van der Waals surface area (Å²) >= 11 is 0. The van der Waals surface area contributed by atoms with Gasteiger partial charge >= 0.3 is 12.0 Å². The molecule has 1 heterocycles. The van der Waals surface area contributed by atoms with Crippen molar-refractivity contribution in [3.63, 3.8) is 0 Å². The topological polar surface area (TPSA) is 94.8 Å². The number of fused-ring (bicyclic) bond motifs is 1. The molecule has 3 N–H and O–H groups in total. The number of benzene rings is 1. The lowest BCUT2D eigenvalue weighted by Crippen LogP contribution is -2.55. The van der Waals surface area contributed by atoms with E-state index in [1.54, 1.807) is 12.3 Å². The van der Waals surface area contributed by atoms with Crippen molar-refractivity contribution >= 4 is 28.7 Å². The number of furan rings is 1. The number of nitrogens with one attached hydrogen (secondary N) is 2. The van der Waals surface area contributed by atoms with Gasteiger partial charge in [0.05, 0.1) is 12.8 Å². The van der Waals surface area contributed by atoms with Gasteiger partial charge in [0.25, 0.3) is 0 Å². The summed E-state index contributed by atoms with van der Waals surface area (Å²) in [5.41, 5.74) is 1.41. The number of urea groups is 1. The SMILES string of the molecule is O=C(O)CN(CC1CC1)C1CC(NC(=O)Nc2ccc3ccoc3c2)C1. The Bertz CT molecular complexity index is 808.